The number of nitrogens with one attached hydrogen (secondary N) is 2. The highest BCUT2D eigenvalue weighted by molar-refractivity contribution is 5.74. The standard InChI is InChI=1S/C14H20F3N3O/c1-10-5-4-6-11(9-10)12(14(15,16)17)19-13(21)18-7-8-20(2)3/h4-6,9,12H,7-8H2,1-3H3,(H2,18,19,21)/t12-/m1/s1. The zero-order valence-electron chi connectivity index (χ0n) is 12.3. The Balaban J connectivity index is 2.74. The Morgan fingerprint density at radius 3 is 2.52 bits per heavy atom. The molecule has 0 unspecified atom stereocenters. The number of carbonyl (C=O) groups is 1. The SMILES string of the molecule is Cc1cccc([C@@H](NC(=O)NCCN(C)C)C(F)(F)F)c1. The van der Waals surface area contributed by atoms with E-state index in [0.717, 1.165) is 0 Å². The molecule has 0 saturated heterocycles. The molecule has 0 aliphatic heterocycles. The number of nitrogens with zero attached hydrogens (tertiary/aromatic N) is 1. The fraction of sp³-hybridized carbons (Fsp3) is 0.500. The smallest absolute Gasteiger partial charge is 0.337 e. The van der Waals surface area contributed by atoms with Gasteiger partial charge in [-0.15, -0.1) is 0 Å². The number of halogens is 3. The Labute approximate surface area is 122 Å². The van der Waals surface area contributed by atoms with E-state index in [1.807, 2.05) is 24.3 Å². The fourth-order valence-corrected chi connectivity index (χ4v) is 1.78. The molecule has 1 aromatic carbocycles. The van der Waals surface area contributed by atoms with Gasteiger partial charge in [-0.2, -0.15) is 13.2 Å². The zero-order valence-corrected chi connectivity index (χ0v) is 12.3. The summed E-state index contributed by atoms with van der Waals surface area (Å²) in [4.78, 5) is 13.4. The van der Waals surface area contributed by atoms with Gasteiger partial charge in [-0.25, -0.2) is 4.79 Å². The van der Waals surface area contributed by atoms with Gasteiger partial charge in [0, 0.05) is 13.1 Å². The van der Waals surface area contributed by atoms with Crippen LogP contribution < -0.4 is 10.6 Å². The highest BCUT2D eigenvalue weighted by Gasteiger charge is 2.41. The summed E-state index contributed by atoms with van der Waals surface area (Å²) in [5.74, 6) is 0. The van der Waals surface area contributed by atoms with Gasteiger partial charge in [0.05, 0.1) is 0 Å². The minimum Gasteiger partial charge on any atom is -0.337 e. The minimum absolute atomic E-state index is 0.0188. The molecule has 0 radical (unpaired) electrons. The number of alkyl halides is 3. The number of likely N-dealkylation sites (N-methyl/N-ethyl adjacent to an activating group) is 1. The molecule has 0 saturated carbocycles. The molecule has 0 spiro atoms. The molecule has 2 amide bonds. The molecule has 0 aliphatic carbocycles. The van der Waals surface area contributed by atoms with E-state index in [1.165, 1.54) is 18.2 Å². The average Bonchev–Trinajstić information content (AvgIpc) is 2.34. The third kappa shape index (κ3) is 6.03. The number of rotatable bonds is 5. The van der Waals surface area contributed by atoms with Crippen molar-refractivity contribution in [3.05, 3.63) is 35.4 Å². The van der Waals surface area contributed by atoms with Crippen LogP contribution >= 0.6 is 0 Å². The summed E-state index contributed by atoms with van der Waals surface area (Å²) in [6, 6.07) is 3.16. The molecule has 1 rings (SSSR count). The largest absolute Gasteiger partial charge is 0.412 e. The molecular weight excluding hydrogens is 283 g/mol. The van der Waals surface area contributed by atoms with Crippen molar-refractivity contribution in [1.29, 1.82) is 0 Å². The van der Waals surface area contributed by atoms with Gasteiger partial charge in [-0.1, -0.05) is 29.8 Å². The second kappa shape index (κ2) is 7.31. The second-order valence-corrected chi connectivity index (χ2v) is 5.09. The topological polar surface area (TPSA) is 44.4 Å². The minimum atomic E-state index is -4.55. The average molecular weight is 303 g/mol. The molecule has 0 heterocycles. The first-order chi connectivity index (χ1) is 9.70. The van der Waals surface area contributed by atoms with E-state index in [-0.39, 0.29) is 12.1 Å². The summed E-state index contributed by atoms with van der Waals surface area (Å²) in [6.07, 6.45) is -4.55. The van der Waals surface area contributed by atoms with Gasteiger partial charge in [0.25, 0.3) is 0 Å². The molecule has 0 aliphatic rings. The molecule has 21 heavy (non-hydrogen) atoms. The van der Waals surface area contributed by atoms with Gasteiger partial charge in [0.15, 0.2) is 6.04 Å². The number of carbonyl (C=O) groups excluding carboxylic acids is 1. The van der Waals surface area contributed by atoms with Gasteiger partial charge >= 0.3 is 12.2 Å². The normalized spacial score (nSPS) is 13.1. The molecule has 7 heteroatoms. The summed E-state index contributed by atoms with van der Waals surface area (Å²) in [5, 5.41) is 4.39. The van der Waals surface area contributed by atoms with Crippen LogP contribution in [0.2, 0.25) is 0 Å². The van der Waals surface area contributed by atoms with E-state index in [9.17, 15) is 18.0 Å². The van der Waals surface area contributed by atoms with Crippen LogP contribution in [0.4, 0.5) is 18.0 Å². The van der Waals surface area contributed by atoms with E-state index >= 15 is 0 Å². The van der Waals surface area contributed by atoms with Crippen LogP contribution in [0.3, 0.4) is 0 Å². The predicted octanol–water partition coefficient (Wildman–Crippen LogP) is 2.46. The molecule has 0 fully saturated rings. The molecule has 4 nitrogen and oxygen atoms in total. The van der Waals surface area contributed by atoms with Crippen molar-refractivity contribution < 1.29 is 18.0 Å². The van der Waals surface area contributed by atoms with Crippen molar-refractivity contribution in [3.63, 3.8) is 0 Å². The van der Waals surface area contributed by atoms with E-state index < -0.39 is 18.2 Å². The van der Waals surface area contributed by atoms with Crippen molar-refractivity contribution in [2.24, 2.45) is 0 Å². The summed E-state index contributed by atoms with van der Waals surface area (Å²) >= 11 is 0. The lowest BCUT2D eigenvalue weighted by molar-refractivity contribution is -0.154. The molecule has 1 aromatic rings. The second-order valence-electron chi connectivity index (χ2n) is 5.09. The Hall–Kier alpha value is -1.76. The van der Waals surface area contributed by atoms with Crippen molar-refractivity contribution in [2.75, 3.05) is 27.2 Å². The summed E-state index contributed by atoms with van der Waals surface area (Å²) in [6.45, 7) is 2.53. The van der Waals surface area contributed by atoms with Crippen molar-refractivity contribution in [2.45, 2.75) is 19.1 Å². The number of urea groups is 1. The van der Waals surface area contributed by atoms with E-state index in [4.69, 9.17) is 0 Å². The highest BCUT2D eigenvalue weighted by atomic mass is 19.4. The maximum Gasteiger partial charge on any atom is 0.412 e. The summed E-state index contributed by atoms with van der Waals surface area (Å²) in [5.41, 5.74) is 0.724. The lowest BCUT2D eigenvalue weighted by Gasteiger charge is -2.23. The molecular formula is C14H20F3N3O. The molecule has 0 aromatic heterocycles. The van der Waals surface area contributed by atoms with E-state index in [1.54, 1.807) is 13.0 Å². The molecule has 118 valence electrons. The van der Waals surface area contributed by atoms with Crippen LogP contribution in [0.15, 0.2) is 24.3 Å². The third-order valence-electron chi connectivity index (χ3n) is 2.82. The number of hydrogen-bond donors (Lipinski definition) is 2. The first-order valence-corrected chi connectivity index (χ1v) is 6.52. The van der Waals surface area contributed by atoms with Crippen LogP contribution in [0.25, 0.3) is 0 Å². The van der Waals surface area contributed by atoms with E-state index in [2.05, 4.69) is 5.32 Å². The lowest BCUT2D eigenvalue weighted by Crippen LogP contribution is -2.45. The Morgan fingerprint density at radius 2 is 2.00 bits per heavy atom. The Morgan fingerprint density at radius 1 is 1.33 bits per heavy atom. The maximum absolute atomic E-state index is 13.1. The van der Waals surface area contributed by atoms with Crippen molar-refractivity contribution in [1.82, 2.24) is 15.5 Å². The Bertz CT molecular complexity index is 475. The monoisotopic (exact) mass is 303 g/mol. The zero-order chi connectivity index (χ0) is 16.0. The summed E-state index contributed by atoms with van der Waals surface area (Å²) in [7, 11) is 3.62. The van der Waals surface area contributed by atoms with Crippen LogP contribution in [-0.4, -0.2) is 44.3 Å². The lowest BCUT2D eigenvalue weighted by atomic mass is 10.0. The first kappa shape index (κ1) is 17.3. The van der Waals surface area contributed by atoms with Gasteiger partial charge < -0.3 is 15.5 Å². The van der Waals surface area contributed by atoms with Crippen LogP contribution in [0.5, 0.6) is 0 Å². The maximum atomic E-state index is 13.1. The third-order valence-corrected chi connectivity index (χ3v) is 2.82. The van der Waals surface area contributed by atoms with Gasteiger partial charge in [-0.05, 0) is 26.6 Å². The molecule has 1 atom stereocenters. The van der Waals surface area contributed by atoms with Crippen molar-refractivity contribution in [3.8, 4) is 0 Å². The van der Waals surface area contributed by atoms with E-state index in [0.29, 0.717) is 12.1 Å². The predicted molar refractivity (Wildman–Crippen MR) is 75.1 cm³/mol. The van der Waals surface area contributed by atoms with Crippen LogP contribution in [0, 0.1) is 6.92 Å². The van der Waals surface area contributed by atoms with Gasteiger partial charge in [-0.3, -0.25) is 0 Å². The van der Waals surface area contributed by atoms with Crippen LogP contribution in [0.1, 0.15) is 17.2 Å². The number of benzene rings is 1. The number of amides is 2. The molecule has 0 bridgehead atoms. The number of aryl methyl sites for hydroxylation is 1. The van der Waals surface area contributed by atoms with Crippen LogP contribution in [-0.2, 0) is 0 Å². The summed E-state index contributed by atoms with van der Waals surface area (Å²) < 4.78 is 39.3. The molecule has 2 N–H and O–H groups in total. The van der Waals surface area contributed by atoms with Gasteiger partial charge in [0.2, 0.25) is 0 Å². The Kier molecular flexibility index (Phi) is 6.02. The highest BCUT2D eigenvalue weighted by Crippen LogP contribution is 2.32. The fourth-order valence-electron chi connectivity index (χ4n) is 1.78. The first-order valence-electron chi connectivity index (χ1n) is 6.52. The quantitative estimate of drug-likeness (QED) is 0.877. The van der Waals surface area contributed by atoms with Crippen molar-refractivity contribution >= 4 is 6.03 Å². The number of hydrogen-bond acceptors (Lipinski definition) is 2. The van der Waals surface area contributed by atoms with Gasteiger partial charge in [0.1, 0.15) is 0 Å².